The summed E-state index contributed by atoms with van der Waals surface area (Å²) in [5, 5.41) is 9.12. The molecule has 0 saturated heterocycles. The number of carbonyl (C=O) groups is 1. The summed E-state index contributed by atoms with van der Waals surface area (Å²) in [6, 6.07) is 0. The Kier molecular flexibility index (Phi) is 5.83. The second-order valence-corrected chi connectivity index (χ2v) is 4.76. The highest BCUT2D eigenvalue weighted by atomic mass is 16.4. The number of nitrogens with zero attached hydrogens (tertiary/aromatic N) is 2. The van der Waals surface area contributed by atoms with Crippen molar-refractivity contribution in [2.45, 2.75) is 20.3 Å². The van der Waals surface area contributed by atoms with Gasteiger partial charge in [0.2, 0.25) is 0 Å². The number of carboxylic acid groups (broad SMARTS) is 1. The van der Waals surface area contributed by atoms with Crippen molar-refractivity contribution in [3.63, 3.8) is 0 Å². The topological polar surface area (TPSA) is 43.8 Å². The summed E-state index contributed by atoms with van der Waals surface area (Å²) < 4.78 is 0. The lowest BCUT2D eigenvalue weighted by atomic mass is 9.87. The van der Waals surface area contributed by atoms with E-state index in [4.69, 9.17) is 5.11 Å². The molecule has 0 radical (unpaired) electrons. The first-order valence-electron chi connectivity index (χ1n) is 5.38. The Labute approximate surface area is 92.9 Å². The Morgan fingerprint density at radius 3 is 2.13 bits per heavy atom. The molecule has 4 nitrogen and oxygen atoms in total. The molecular weight excluding hydrogens is 192 g/mol. The fourth-order valence-electron chi connectivity index (χ4n) is 1.38. The van der Waals surface area contributed by atoms with Gasteiger partial charge in [0, 0.05) is 19.6 Å². The average Bonchev–Trinajstić information content (AvgIpc) is 2.14. The van der Waals surface area contributed by atoms with Crippen LogP contribution in [-0.4, -0.2) is 61.7 Å². The van der Waals surface area contributed by atoms with E-state index < -0.39 is 11.4 Å². The first-order chi connectivity index (χ1) is 6.81. The molecule has 0 heterocycles. The molecule has 0 saturated carbocycles. The molecule has 1 atom stereocenters. The molecule has 1 N–H and O–H groups in total. The Morgan fingerprint density at radius 1 is 1.27 bits per heavy atom. The van der Waals surface area contributed by atoms with E-state index in [-0.39, 0.29) is 0 Å². The van der Waals surface area contributed by atoms with Crippen LogP contribution in [0.5, 0.6) is 0 Å². The van der Waals surface area contributed by atoms with Gasteiger partial charge in [-0.1, -0.05) is 6.92 Å². The molecule has 0 aromatic rings. The van der Waals surface area contributed by atoms with Crippen LogP contribution in [-0.2, 0) is 4.79 Å². The van der Waals surface area contributed by atoms with Crippen LogP contribution in [0.2, 0.25) is 0 Å². The van der Waals surface area contributed by atoms with Gasteiger partial charge in [0.1, 0.15) is 0 Å². The van der Waals surface area contributed by atoms with E-state index in [1.807, 2.05) is 35.0 Å². The van der Waals surface area contributed by atoms with Crippen molar-refractivity contribution in [2.75, 3.05) is 40.8 Å². The minimum atomic E-state index is -0.707. The quantitative estimate of drug-likeness (QED) is 0.689. The molecule has 0 bridgehead atoms. The Bertz CT molecular complexity index is 207. The number of hydrogen-bond donors (Lipinski definition) is 1. The maximum atomic E-state index is 11.1. The average molecular weight is 216 g/mol. The summed E-state index contributed by atoms with van der Waals surface area (Å²) in [5.41, 5.74) is -0.624. The van der Waals surface area contributed by atoms with Crippen LogP contribution in [0.25, 0.3) is 0 Å². The number of aliphatic carboxylic acids is 1. The van der Waals surface area contributed by atoms with Crippen molar-refractivity contribution in [2.24, 2.45) is 5.41 Å². The van der Waals surface area contributed by atoms with E-state index in [1.165, 1.54) is 0 Å². The highest BCUT2D eigenvalue weighted by Crippen LogP contribution is 2.22. The molecule has 0 aromatic heterocycles. The van der Waals surface area contributed by atoms with Crippen molar-refractivity contribution in [1.29, 1.82) is 0 Å². The predicted molar refractivity (Wildman–Crippen MR) is 62.1 cm³/mol. The van der Waals surface area contributed by atoms with Gasteiger partial charge in [-0.2, -0.15) is 0 Å². The van der Waals surface area contributed by atoms with Gasteiger partial charge in [-0.25, -0.2) is 0 Å². The molecule has 0 amide bonds. The lowest BCUT2D eigenvalue weighted by Crippen LogP contribution is -2.41. The van der Waals surface area contributed by atoms with Gasteiger partial charge in [-0.15, -0.1) is 0 Å². The number of hydrogen-bond acceptors (Lipinski definition) is 3. The molecule has 0 aliphatic rings. The first kappa shape index (κ1) is 14.4. The van der Waals surface area contributed by atoms with Gasteiger partial charge in [-0.3, -0.25) is 4.79 Å². The zero-order valence-corrected chi connectivity index (χ0v) is 10.6. The fraction of sp³-hybridized carbons (Fsp3) is 0.909. The summed E-state index contributed by atoms with van der Waals surface area (Å²) in [6.45, 7) is 6.19. The van der Waals surface area contributed by atoms with Crippen molar-refractivity contribution in [1.82, 2.24) is 9.80 Å². The molecule has 0 spiro atoms. The maximum Gasteiger partial charge on any atom is 0.310 e. The first-order valence-corrected chi connectivity index (χ1v) is 5.38. The normalized spacial score (nSPS) is 15.7. The van der Waals surface area contributed by atoms with Crippen LogP contribution in [0.4, 0.5) is 0 Å². The molecule has 1 unspecified atom stereocenters. The minimum Gasteiger partial charge on any atom is -0.481 e. The third-order valence-corrected chi connectivity index (χ3v) is 2.84. The van der Waals surface area contributed by atoms with E-state index in [0.29, 0.717) is 13.0 Å². The molecule has 15 heavy (non-hydrogen) atoms. The summed E-state index contributed by atoms with van der Waals surface area (Å²) >= 11 is 0. The summed E-state index contributed by atoms with van der Waals surface area (Å²) in [7, 11) is 6.01. The van der Waals surface area contributed by atoms with Gasteiger partial charge in [-0.05, 0) is 34.5 Å². The largest absolute Gasteiger partial charge is 0.481 e. The molecule has 90 valence electrons. The molecule has 0 aliphatic heterocycles. The highest BCUT2D eigenvalue weighted by Gasteiger charge is 2.32. The van der Waals surface area contributed by atoms with Gasteiger partial charge >= 0.3 is 5.97 Å². The molecule has 0 aromatic carbocycles. The van der Waals surface area contributed by atoms with Crippen LogP contribution in [0.15, 0.2) is 0 Å². The summed E-state index contributed by atoms with van der Waals surface area (Å²) in [4.78, 5) is 15.3. The predicted octanol–water partition coefficient (Wildman–Crippen LogP) is 0.981. The van der Waals surface area contributed by atoms with Crippen molar-refractivity contribution < 1.29 is 9.90 Å². The van der Waals surface area contributed by atoms with E-state index in [9.17, 15) is 4.79 Å². The molecule has 0 rings (SSSR count). The summed E-state index contributed by atoms with van der Waals surface area (Å²) in [6.07, 6.45) is 0.661. The smallest absolute Gasteiger partial charge is 0.310 e. The monoisotopic (exact) mass is 216 g/mol. The standard InChI is InChI=1S/C11H24N2O2/c1-6-11(2,10(14)15)9-13(5)8-7-12(3)4/h6-9H2,1-5H3,(H,14,15). The van der Waals surface area contributed by atoms with Crippen molar-refractivity contribution in [3.05, 3.63) is 0 Å². The van der Waals surface area contributed by atoms with Gasteiger partial charge in [0.25, 0.3) is 0 Å². The lowest BCUT2D eigenvalue weighted by Gasteiger charge is -2.29. The van der Waals surface area contributed by atoms with E-state index in [0.717, 1.165) is 13.1 Å². The maximum absolute atomic E-state index is 11.1. The van der Waals surface area contributed by atoms with Crippen molar-refractivity contribution >= 4 is 5.97 Å². The van der Waals surface area contributed by atoms with Crippen LogP contribution >= 0.6 is 0 Å². The Hall–Kier alpha value is -0.610. The molecule has 4 heteroatoms. The zero-order valence-electron chi connectivity index (χ0n) is 10.6. The second-order valence-electron chi connectivity index (χ2n) is 4.76. The Morgan fingerprint density at radius 2 is 1.80 bits per heavy atom. The Balaban J connectivity index is 4.13. The summed E-state index contributed by atoms with van der Waals surface area (Å²) in [5.74, 6) is -0.707. The fourth-order valence-corrected chi connectivity index (χ4v) is 1.38. The number of carboxylic acids is 1. The van der Waals surface area contributed by atoms with E-state index in [1.54, 1.807) is 0 Å². The highest BCUT2D eigenvalue weighted by molar-refractivity contribution is 5.74. The minimum absolute atomic E-state index is 0.604. The van der Waals surface area contributed by atoms with Crippen LogP contribution in [0, 0.1) is 5.41 Å². The van der Waals surface area contributed by atoms with E-state index >= 15 is 0 Å². The van der Waals surface area contributed by atoms with Crippen LogP contribution < -0.4 is 0 Å². The molecular formula is C11H24N2O2. The van der Waals surface area contributed by atoms with E-state index in [2.05, 4.69) is 9.80 Å². The van der Waals surface area contributed by atoms with Crippen molar-refractivity contribution in [3.8, 4) is 0 Å². The lowest BCUT2D eigenvalue weighted by molar-refractivity contribution is -0.149. The molecule has 0 aliphatic carbocycles. The third-order valence-electron chi connectivity index (χ3n) is 2.84. The SMILES string of the molecule is CCC(C)(CN(C)CCN(C)C)C(=O)O. The van der Waals surface area contributed by atoms with Gasteiger partial charge < -0.3 is 14.9 Å². The number of rotatable bonds is 7. The molecule has 0 fully saturated rings. The van der Waals surface area contributed by atoms with Crippen LogP contribution in [0.3, 0.4) is 0 Å². The second kappa shape index (κ2) is 6.08. The van der Waals surface area contributed by atoms with Gasteiger partial charge in [0.15, 0.2) is 0 Å². The van der Waals surface area contributed by atoms with Gasteiger partial charge in [0.05, 0.1) is 5.41 Å². The third kappa shape index (κ3) is 5.14. The zero-order chi connectivity index (χ0) is 12.1. The van der Waals surface area contributed by atoms with Crippen LogP contribution in [0.1, 0.15) is 20.3 Å². The number of likely N-dealkylation sites (N-methyl/N-ethyl adjacent to an activating group) is 2.